The molecule has 4 aromatic rings. The van der Waals surface area contributed by atoms with E-state index in [1.165, 1.54) is 16.8 Å². The molecule has 0 aliphatic carbocycles. The number of nitrogens with zero attached hydrogens (tertiary/aromatic N) is 3. The Bertz CT molecular complexity index is 1220. The highest BCUT2D eigenvalue weighted by Gasteiger charge is 2.19. The maximum absolute atomic E-state index is 13.4. The van der Waals surface area contributed by atoms with Crippen LogP contribution in [0.1, 0.15) is 16.2 Å². The van der Waals surface area contributed by atoms with Crippen molar-refractivity contribution in [3.05, 3.63) is 94.0 Å². The SMILES string of the molecule is Cc1ccc(-n2nc(C(=O)Nc3ccc(Cl)cc3)nc2-c2ccc(F)cc2)cc1Cl. The quantitative estimate of drug-likeness (QED) is 0.426. The van der Waals surface area contributed by atoms with Crippen LogP contribution in [0.3, 0.4) is 0 Å². The number of aryl methyl sites for hydroxylation is 1. The summed E-state index contributed by atoms with van der Waals surface area (Å²) in [4.78, 5) is 17.1. The topological polar surface area (TPSA) is 59.8 Å². The lowest BCUT2D eigenvalue weighted by molar-refractivity contribution is 0.101. The van der Waals surface area contributed by atoms with Gasteiger partial charge in [0.2, 0.25) is 5.82 Å². The van der Waals surface area contributed by atoms with Crippen molar-refractivity contribution in [3.8, 4) is 17.1 Å². The Morgan fingerprint density at radius 1 is 1.00 bits per heavy atom. The minimum Gasteiger partial charge on any atom is -0.319 e. The van der Waals surface area contributed by atoms with Crippen LogP contribution in [0, 0.1) is 12.7 Å². The molecule has 0 aliphatic heterocycles. The summed E-state index contributed by atoms with van der Waals surface area (Å²) in [5, 5.41) is 8.23. The first-order chi connectivity index (χ1) is 14.4. The number of rotatable bonds is 4. The molecule has 1 aromatic heterocycles. The molecule has 0 spiro atoms. The molecule has 0 atom stereocenters. The van der Waals surface area contributed by atoms with Crippen molar-refractivity contribution in [3.63, 3.8) is 0 Å². The number of hydrogen-bond acceptors (Lipinski definition) is 3. The number of aromatic nitrogens is 3. The molecule has 1 N–H and O–H groups in total. The van der Waals surface area contributed by atoms with Gasteiger partial charge >= 0.3 is 0 Å². The van der Waals surface area contributed by atoms with Gasteiger partial charge in [-0.1, -0.05) is 29.3 Å². The standard InChI is InChI=1S/C22H15Cl2FN4O/c1-13-2-11-18(12-19(13)24)29-21(14-3-7-16(25)8-4-14)27-20(28-29)22(30)26-17-9-5-15(23)6-10-17/h2-12H,1H3,(H,26,30). The fourth-order valence-electron chi connectivity index (χ4n) is 2.81. The van der Waals surface area contributed by atoms with Gasteiger partial charge in [-0.2, -0.15) is 0 Å². The van der Waals surface area contributed by atoms with Crippen molar-refractivity contribution in [1.29, 1.82) is 0 Å². The second-order valence-corrected chi connectivity index (χ2v) is 7.42. The van der Waals surface area contributed by atoms with Gasteiger partial charge in [0.25, 0.3) is 5.91 Å². The zero-order valence-corrected chi connectivity index (χ0v) is 17.2. The highest BCUT2D eigenvalue weighted by atomic mass is 35.5. The predicted molar refractivity (Wildman–Crippen MR) is 116 cm³/mol. The maximum atomic E-state index is 13.4. The smallest absolute Gasteiger partial charge is 0.295 e. The van der Waals surface area contributed by atoms with E-state index >= 15 is 0 Å². The van der Waals surface area contributed by atoms with Gasteiger partial charge in [0.15, 0.2) is 5.82 Å². The highest BCUT2D eigenvalue weighted by molar-refractivity contribution is 6.31. The Morgan fingerprint density at radius 3 is 2.37 bits per heavy atom. The fourth-order valence-corrected chi connectivity index (χ4v) is 3.11. The molecule has 1 heterocycles. The fraction of sp³-hybridized carbons (Fsp3) is 0.0455. The number of nitrogens with one attached hydrogen (secondary N) is 1. The van der Waals surface area contributed by atoms with Crippen molar-refractivity contribution in [2.45, 2.75) is 6.92 Å². The van der Waals surface area contributed by atoms with Crippen LogP contribution in [0.25, 0.3) is 17.1 Å². The molecule has 0 fully saturated rings. The molecule has 0 bridgehead atoms. The Hall–Kier alpha value is -3.22. The third-order valence-electron chi connectivity index (χ3n) is 4.41. The van der Waals surface area contributed by atoms with Crippen LogP contribution >= 0.6 is 23.2 Å². The third kappa shape index (κ3) is 4.20. The normalized spacial score (nSPS) is 10.8. The van der Waals surface area contributed by atoms with Crippen molar-refractivity contribution in [2.75, 3.05) is 5.32 Å². The van der Waals surface area contributed by atoms with E-state index in [-0.39, 0.29) is 11.6 Å². The molecule has 1 amide bonds. The second-order valence-electron chi connectivity index (χ2n) is 6.57. The molecule has 5 nitrogen and oxygen atoms in total. The molecule has 0 radical (unpaired) electrons. The summed E-state index contributed by atoms with van der Waals surface area (Å²) < 4.78 is 14.9. The number of carbonyl (C=O) groups is 1. The van der Waals surface area contributed by atoms with Gasteiger partial charge in [-0.25, -0.2) is 14.1 Å². The third-order valence-corrected chi connectivity index (χ3v) is 5.07. The molecule has 30 heavy (non-hydrogen) atoms. The number of benzene rings is 3. The van der Waals surface area contributed by atoms with E-state index in [2.05, 4.69) is 15.4 Å². The van der Waals surface area contributed by atoms with Crippen LogP contribution in [0.2, 0.25) is 10.0 Å². The van der Waals surface area contributed by atoms with E-state index < -0.39 is 5.91 Å². The number of hydrogen-bond donors (Lipinski definition) is 1. The molecule has 0 unspecified atom stereocenters. The minimum atomic E-state index is -0.488. The van der Waals surface area contributed by atoms with Gasteiger partial charge < -0.3 is 5.32 Å². The zero-order chi connectivity index (χ0) is 21.3. The lowest BCUT2D eigenvalue weighted by Gasteiger charge is -2.07. The Kier molecular flexibility index (Phi) is 5.53. The van der Waals surface area contributed by atoms with E-state index in [4.69, 9.17) is 23.2 Å². The Labute approximate surface area is 182 Å². The molecule has 0 aliphatic rings. The van der Waals surface area contributed by atoms with E-state index in [1.54, 1.807) is 42.5 Å². The lowest BCUT2D eigenvalue weighted by Crippen LogP contribution is -2.14. The van der Waals surface area contributed by atoms with Crippen LogP contribution in [0.5, 0.6) is 0 Å². The van der Waals surface area contributed by atoms with Gasteiger partial charge in [-0.3, -0.25) is 4.79 Å². The first-order valence-corrected chi connectivity index (χ1v) is 9.73. The summed E-state index contributed by atoms with van der Waals surface area (Å²) in [5.41, 5.74) is 2.70. The van der Waals surface area contributed by atoms with Crippen LogP contribution in [-0.2, 0) is 0 Å². The Morgan fingerprint density at radius 2 is 1.70 bits per heavy atom. The largest absolute Gasteiger partial charge is 0.319 e. The molecular weight excluding hydrogens is 426 g/mol. The Balaban J connectivity index is 1.76. The van der Waals surface area contributed by atoms with Crippen LogP contribution in [-0.4, -0.2) is 20.7 Å². The van der Waals surface area contributed by atoms with Gasteiger partial charge in [-0.15, -0.1) is 5.10 Å². The molecule has 0 saturated carbocycles. The van der Waals surface area contributed by atoms with Gasteiger partial charge in [0.1, 0.15) is 5.82 Å². The van der Waals surface area contributed by atoms with Gasteiger partial charge in [-0.05, 0) is 73.2 Å². The van der Waals surface area contributed by atoms with Crippen LogP contribution < -0.4 is 5.32 Å². The molecule has 0 saturated heterocycles. The van der Waals surface area contributed by atoms with Crippen molar-refractivity contribution < 1.29 is 9.18 Å². The molecule has 150 valence electrons. The highest BCUT2D eigenvalue weighted by Crippen LogP contribution is 2.25. The summed E-state index contributed by atoms with van der Waals surface area (Å²) in [7, 11) is 0. The second kappa shape index (κ2) is 8.26. The summed E-state index contributed by atoms with van der Waals surface area (Å²) in [6.45, 7) is 1.89. The molecular formula is C22H15Cl2FN4O. The number of halogens is 3. The van der Waals surface area contributed by atoms with Crippen LogP contribution in [0.4, 0.5) is 10.1 Å². The monoisotopic (exact) mass is 440 g/mol. The van der Waals surface area contributed by atoms with E-state index in [0.717, 1.165) is 5.56 Å². The minimum absolute atomic E-state index is 0.0408. The number of amides is 1. The molecule has 4 rings (SSSR count). The summed E-state index contributed by atoms with van der Waals surface area (Å²) >= 11 is 12.2. The average molecular weight is 441 g/mol. The lowest BCUT2D eigenvalue weighted by atomic mass is 10.2. The van der Waals surface area contributed by atoms with Crippen LogP contribution in [0.15, 0.2) is 66.7 Å². The zero-order valence-electron chi connectivity index (χ0n) is 15.7. The first kappa shape index (κ1) is 20.1. The van der Waals surface area contributed by atoms with Gasteiger partial charge in [0, 0.05) is 21.3 Å². The number of anilines is 1. The van der Waals surface area contributed by atoms with Crippen molar-refractivity contribution >= 4 is 34.8 Å². The van der Waals surface area contributed by atoms with E-state index in [1.807, 2.05) is 19.1 Å². The van der Waals surface area contributed by atoms with Crippen molar-refractivity contribution in [1.82, 2.24) is 14.8 Å². The maximum Gasteiger partial charge on any atom is 0.295 e. The molecule has 8 heteroatoms. The summed E-state index contributed by atoms with van der Waals surface area (Å²) in [6, 6.07) is 17.9. The summed E-state index contributed by atoms with van der Waals surface area (Å²) in [6.07, 6.45) is 0. The predicted octanol–water partition coefficient (Wildman–Crippen LogP) is 5.94. The van der Waals surface area contributed by atoms with E-state index in [9.17, 15) is 9.18 Å². The summed E-state index contributed by atoms with van der Waals surface area (Å²) in [5.74, 6) is -0.515. The first-order valence-electron chi connectivity index (χ1n) is 8.97. The van der Waals surface area contributed by atoms with E-state index in [0.29, 0.717) is 32.8 Å². The van der Waals surface area contributed by atoms with Crippen molar-refractivity contribution in [2.24, 2.45) is 0 Å². The average Bonchev–Trinajstić information content (AvgIpc) is 3.18. The molecule has 3 aromatic carbocycles. The number of carbonyl (C=O) groups excluding carboxylic acids is 1. The van der Waals surface area contributed by atoms with Gasteiger partial charge in [0.05, 0.1) is 5.69 Å².